The highest BCUT2D eigenvalue weighted by atomic mass is 16.4. The third-order valence-electron chi connectivity index (χ3n) is 6.91. The van der Waals surface area contributed by atoms with E-state index in [0.717, 1.165) is 0 Å². The first-order valence-corrected chi connectivity index (χ1v) is 14.1. The number of aliphatic hydroxyl groups excluding tert-OH is 1. The number of nitrogens with one attached hydrogen (secondary N) is 4. The summed E-state index contributed by atoms with van der Waals surface area (Å²) in [6.45, 7) is 1.20. The maximum atomic E-state index is 13.4. The normalized spacial score (nSPS) is 14.7. The number of carbonyl (C=O) groups is 9. The van der Waals surface area contributed by atoms with E-state index >= 15 is 0 Å². The number of aldehydes is 2. The minimum atomic E-state index is -1.97. The minimum absolute atomic E-state index is 0.00517. The number of likely N-dealkylation sites (N-methyl/N-ethyl adjacent to an activating group) is 1. The Morgan fingerprint density at radius 1 is 0.761 bits per heavy atom. The molecule has 0 aliphatic heterocycles. The summed E-state index contributed by atoms with van der Waals surface area (Å²) >= 11 is 0. The van der Waals surface area contributed by atoms with Gasteiger partial charge >= 0.3 is 17.9 Å². The highest BCUT2D eigenvalue weighted by Gasteiger charge is 2.34. The van der Waals surface area contributed by atoms with Crippen LogP contribution in [-0.2, 0) is 44.8 Å². The van der Waals surface area contributed by atoms with E-state index in [0.29, 0.717) is 11.8 Å². The van der Waals surface area contributed by atoms with Crippen LogP contribution in [0.2, 0.25) is 0 Å². The van der Waals surface area contributed by atoms with Crippen molar-refractivity contribution in [2.24, 2.45) is 5.92 Å². The van der Waals surface area contributed by atoms with E-state index in [-0.39, 0.29) is 37.5 Å². The second-order valence-electron chi connectivity index (χ2n) is 10.3. The van der Waals surface area contributed by atoms with Gasteiger partial charge in [0.25, 0.3) is 0 Å². The van der Waals surface area contributed by atoms with Gasteiger partial charge in [-0.1, -0.05) is 12.1 Å². The summed E-state index contributed by atoms with van der Waals surface area (Å²) in [5.41, 5.74) is 0.515. The van der Waals surface area contributed by atoms with Gasteiger partial charge in [0, 0.05) is 12.8 Å². The van der Waals surface area contributed by atoms with E-state index in [1.807, 2.05) is 0 Å². The first-order chi connectivity index (χ1) is 21.6. The number of amides is 3. The molecule has 0 aliphatic rings. The standard InChI is InChI=1S/C29H38N4O13/c1-15(36)20(11-16-6-8-17(9-7-16)27(41)42)32-24(38)19(5-3-4-10-34)31-26(40)22(12-18(14-35)28(43)44)33-25(39)21(30-2)13-23(37)29(45)46/h6-10,14,18-23,30,37H,3-5,11-13H2,1-2H3,(H,31,40)(H,32,38)(H,33,39)(H,41,42)(H,43,44)(H,45,46)/t18?,19?,20?,21-,22?,23?/m0/s1. The Morgan fingerprint density at radius 2 is 1.30 bits per heavy atom. The van der Waals surface area contributed by atoms with Gasteiger partial charge in [-0.2, -0.15) is 0 Å². The van der Waals surface area contributed by atoms with Crippen LogP contribution in [-0.4, -0.2) is 112 Å². The Kier molecular flexibility index (Phi) is 16.4. The van der Waals surface area contributed by atoms with Gasteiger partial charge in [0.1, 0.15) is 30.6 Å². The molecule has 0 aliphatic carbocycles. The maximum absolute atomic E-state index is 13.4. The van der Waals surface area contributed by atoms with E-state index < -0.39 is 90.4 Å². The third-order valence-corrected chi connectivity index (χ3v) is 6.91. The lowest BCUT2D eigenvalue weighted by Crippen LogP contribution is -2.58. The molecule has 0 spiro atoms. The molecule has 6 atom stereocenters. The van der Waals surface area contributed by atoms with Crippen molar-refractivity contribution in [3.63, 3.8) is 0 Å². The highest BCUT2D eigenvalue weighted by molar-refractivity contribution is 5.96. The van der Waals surface area contributed by atoms with Crippen LogP contribution in [0.4, 0.5) is 0 Å². The first-order valence-electron chi connectivity index (χ1n) is 14.1. The van der Waals surface area contributed by atoms with Crippen molar-refractivity contribution >= 4 is 54.0 Å². The number of ketones is 1. The lowest BCUT2D eigenvalue weighted by molar-refractivity contribution is -0.148. The van der Waals surface area contributed by atoms with Crippen molar-refractivity contribution in [2.45, 2.75) is 75.7 Å². The molecular weight excluding hydrogens is 612 g/mol. The lowest BCUT2D eigenvalue weighted by Gasteiger charge is -2.27. The molecule has 8 N–H and O–H groups in total. The molecule has 0 radical (unpaired) electrons. The van der Waals surface area contributed by atoms with Gasteiger partial charge in [-0.15, -0.1) is 0 Å². The number of carboxylic acids is 3. The number of benzene rings is 1. The molecule has 0 saturated heterocycles. The summed E-state index contributed by atoms with van der Waals surface area (Å²) in [5, 5.41) is 46.6. The summed E-state index contributed by atoms with van der Waals surface area (Å²) in [6, 6.07) is -0.0764. The summed E-state index contributed by atoms with van der Waals surface area (Å²) < 4.78 is 0. The molecule has 17 heteroatoms. The van der Waals surface area contributed by atoms with Gasteiger partial charge in [-0.25, -0.2) is 9.59 Å². The number of aliphatic hydroxyl groups is 1. The van der Waals surface area contributed by atoms with Crippen molar-refractivity contribution in [1.29, 1.82) is 0 Å². The van der Waals surface area contributed by atoms with Gasteiger partial charge in [-0.3, -0.25) is 24.0 Å². The molecule has 5 unspecified atom stereocenters. The summed E-state index contributed by atoms with van der Waals surface area (Å²) in [5.74, 6) is -9.64. The van der Waals surface area contributed by atoms with E-state index in [2.05, 4.69) is 21.3 Å². The molecule has 0 aromatic heterocycles. The van der Waals surface area contributed by atoms with Gasteiger partial charge < -0.3 is 51.3 Å². The molecular formula is C29H38N4O13. The molecule has 3 amide bonds. The second-order valence-corrected chi connectivity index (χ2v) is 10.3. The van der Waals surface area contributed by atoms with Crippen LogP contribution < -0.4 is 21.3 Å². The molecule has 1 aromatic rings. The van der Waals surface area contributed by atoms with Crippen LogP contribution in [0, 0.1) is 5.92 Å². The number of hydrogen-bond acceptors (Lipinski definition) is 11. The molecule has 1 rings (SSSR count). The molecule has 17 nitrogen and oxygen atoms in total. The third kappa shape index (κ3) is 12.9. The number of Topliss-reactive ketones (excluding diaryl/α,β-unsaturated/α-hetero) is 1. The number of hydrogen-bond donors (Lipinski definition) is 8. The molecule has 0 saturated carbocycles. The number of carbonyl (C=O) groups excluding carboxylic acids is 6. The first kappa shape index (κ1) is 39.0. The van der Waals surface area contributed by atoms with Crippen molar-refractivity contribution in [2.75, 3.05) is 7.05 Å². The van der Waals surface area contributed by atoms with Gasteiger partial charge in [0.2, 0.25) is 17.7 Å². The average Bonchev–Trinajstić information content (AvgIpc) is 3.00. The lowest BCUT2D eigenvalue weighted by atomic mass is 9.98. The number of unbranched alkanes of at least 4 members (excludes halogenated alkanes) is 1. The molecule has 1 aromatic carbocycles. The largest absolute Gasteiger partial charge is 0.481 e. The Bertz CT molecular complexity index is 1280. The fourth-order valence-corrected chi connectivity index (χ4v) is 4.19. The number of carboxylic acid groups (broad SMARTS) is 3. The number of rotatable bonds is 22. The van der Waals surface area contributed by atoms with Crippen LogP contribution in [0.3, 0.4) is 0 Å². The smallest absolute Gasteiger partial charge is 0.335 e. The average molecular weight is 651 g/mol. The fraction of sp³-hybridized carbons (Fsp3) is 0.483. The molecule has 252 valence electrons. The van der Waals surface area contributed by atoms with Crippen LogP contribution in [0.1, 0.15) is 54.9 Å². The summed E-state index contributed by atoms with van der Waals surface area (Å²) in [4.78, 5) is 108. The van der Waals surface area contributed by atoms with E-state index in [1.165, 1.54) is 38.2 Å². The van der Waals surface area contributed by atoms with Gasteiger partial charge in [0.15, 0.2) is 11.9 Å². The van der Waals surface area contributed by atoms with Crippen molar-refractivity contribution in [3.05, 3.63) is 35.4 Å². The predicted octanol–water partition coefficient (Wildman–Crippen LogP) is -1.95. The van der Waals surface area contributed by atoms with Crippen LogP contribution >= 0.6 is 0 Å². The topological polar surface area (TPSA) is 283 Å². The van der Waals surface area contributed by atoms with Crippen LogP contribution in [0.5, 0.6) is 0 Å². The zero-order valence-electron chi connectivity index (χ0n) is 25.1. The zero-order chi connectivity index (χ0) is 35.0. The molecule has 0 fully saturated rings. The Balaban J connectivity index is 3.26. The maximum Gasteiger partial charge on any atom is 0.335 e. The van der Waals surface area contributed by atoms with E-state index in [1.54, 1.807) is 0 Å². The van der Waals surface area contributed by atoms with Crippen LogP contribution in [0.15, 0.2) is 24.3 Å². The quantitative estimate of drug-likeness (QED) is 0.0385. The minimum Gasteiger partial charge on any atom is -0.481 e. The van der Waals surface area contributed by atoms with Crippen molar-refractivity contribution in [3.8, 4) is 0 Å². The predicted molar refractivity (Wildman–Crippen MR) is 156 cm³/mol. The van der Waals surface area contributed by atoms with Gasteiger partial charge in [-0.05, 0) is 57.4 Å². The van der Waals surface area contributed by atoms with Crippen molar-refractivity contribution < 1.29 is 63.6 Å². The Hall–Kier alpha value is -5.03. The number of aliphatic carboxylic acids is 2. The van der Waals surface area contributed by atoms with E-state index in [9.17, 15) is 53.4 Å². The summed E-state index contributed by atoms with van der Waals surface area (Å²) in [7, 11) is 1.26. The number of aromatic carboxylic acids is 1. The summed E-state index contributed by atoms with van der Waals surface area (Å²) in [6.07, 6.45) is -2.83. The van der Waals surface area contributed by atoms with Crippen LogP contribution in [0.25, 0.3) is 0 Å². The Morgan fingerprint density at radius 3 is 1.78 bits per heavy atom. The molecule has 46 heavy (non-hydrogen) atoms. The Labute approximate surface area is 263 Å². The van der Waals surface area contributed by atoms with Crippen molar-refractivity contribution in [1.82, 2.24) is 21.3 Å². The van der Waals surface area contributed by atoms with E-state index in [4.69, 9.17) is 10.2 Å². The fourth-order valence-electron chi connectivity index (χ4n) is 4.19. The van der Waals surface area contributed by atoms with Gasteiger partial charge in [0.05, 0.1) is 17.6 Å². The SMILES string of the molecule is CN[C@@H](CC(O)C(=O)O)C(=O)NC(CC(C=O)C(=O)O)C(=O)NC(CCCC=O)C(=O)NC(Cc1ccc(C(=O)O)cc1)C(C)=O. The zero-order valence-corrected chi connectivity index (χ0v) is 25.1. The second kappa shape index (κ2) is 19.4. The molecule has 0 bridgehead atoms. The monoisotopic (exact) mass is 650 g/mol. The molecule has 0 heterocycles. The highest BCUT2D eigenvalue weighted by Crippen LogP contribution is 2.11.